The number of carbonyl (C=O) groups is 2. The Bertz CT molecular complexity index is 543. The molecule has 2 atom stereocenters. The third-order valence-electron chi connectivity index (χ3n) is 3.41. The van der Waals surface area contributed by atoms with Gasteiger partial charge in [0.2, 0.25) is 0 Å². The van der Waals surface area contributed by atoms with Crippen molar-refractivity contribution in [2.75, 3.05) is 0 Å². The standard InChI is InChI=1S/C10H11NO2.C5H11NO2S/c12-10(13)9-5-7-3-1-2-4-8(7)6-11-9;1-5(2,9)3(6)4(7)8/h1-4,9,11H,5-6H2,(H,12,13);3,9H,6H2,1-2H3,(H,7,8)/t;3-/m.1/s1. The van der Waals surface area contributed by atoms with E-state index in [9.17, 15) is 9.59 Å². The largest absolute Gasteiger partial charge is 0.480 e. The molecule has 1 aromatic carbocycles. The van der Waals surface area contributed by atoms with E-state index in [0.29, 0.717) is 13.0 Å². The van der Waals surface area contributed by atoms with Crippen LogP contribution in [0.1, 0.15) is 25.0 Å². The molecule has 122 valence electrons. The van der Waals surface area contributed by atoms with Gasteiger partial charge in [-0.25, -0.2) is 0 Å². The van der Waals surface area contributed by atoms with Gasteiger partial charge in [0.1, 0.15) is 12.1 Å². The van der Waals surface area contributed by atoms with Gasteiger partial charge in [0, 0.05) is 11.3 Å². The summed E-state index contributed by atoms with van der Waals surface area (Å²) in [6.45, 7) is 3.98. The minimum atomic E-state index is -1.02. The van der Waals surface area contributed by atoms with Crippen LogP contribution in [0.4, 0.5) is 0 Å². The first-order valence-corrected chi connectivity index (χ1v) is 7.31. The zero-order valence-electron chi connectivity index (χ0n) is 12.6. The molecule has 0 fully saturated rings. The van der Waals surface area contributed by atoms with Crippen molar-refractivity contribution >= 4 is 24.6 Å². The van der Waals surface area contributed by atoms with Crippen LogP contribution in [-0.2, 0) is 22.6 Å². The van der Waals surface area contributed by atoms with Gasteiger partial charge >= 0.3 is 11.9 Å². The maximum atomic E-state index is 10.7. The Balaban J connectivity index is 0.000000239. The Morgan fingerprint density at radius 1 is 1.32 bits per heavy atom. The number of hydrogen-bond acceptors (Lipinski definition) is 5. The molecule has 6 nitrogen and oxygen atoms in total. The molecule has 1 unspecified atom stereocenters. The molecule has 0 radical (unpaired) electrons. The van der Waals surface area contributed by atoms with Crippen molar-refractivity contribution in [3.05, 3.63) is 35.4 Å². The number of rotatable bonds is 3. The number of hydrogen-bond donors (Lipinski definition) is 5. The second kappa shape index (κ2) is 7.62. The fourth-order valence-electron chi connectivity index (χ4n) is 1.93. The normalized spacial score (nSPS) is 18.5. The highest BCUT2D eigenvalue weighted by Crippen LogP contribution is 2.16. The third-order valence-corrected chi connectivity index (χ3v) is 3.68. The molecule has 1 aromatic rings. The molecule has 1 aliphatic rings. The van der Waals surface area contributed by atoms with Crippen molar-refractivity contribution in [2.24, 2.45) is 5.73 Å². The molecule has 0 aromatic heterocycles. The van der Waals surface area contributed by atoms with E-state index >= 15 is 0 Å². The average Bonchev–Trinajstić information content (AvgIpc) is 2.45. The lowest BCUT2D eigenvalue weighted by molar-refractivity contribution is -0.140. The van der Waals surface area contributed by atoms with Gasteiger partial charge in [-0.05, 0) is 31.4 Å². The van der Waals surface area contributed by atoms with Crippen LogP contribution < -0.4 is 11.1 Å². The van der Waals surface area contributed by atoms with E-state index in [0.717, 1.165) is 5.56 Å². The van der Waals surface area contributed by atoms with Crippen molar-refractivity contribution < 1.29 is 19.8 Å². The highest BCUT2D eigenvalue weighted by molar-refractivity contribution is 7.81. The number of nitrogens with two attached hydrogens (primary N) is 1. The molecule has 0 saturated carbocycles. The maximum absolute atomic E-state index is 10.7. The lowest BCUT2D eigenvalue weighted by Gasteiger charge is -2.22. The summed E-state index contributed by atoms with van der Waals surface area (Å²) in [4.78, 5) is 20.9. The van der Waals surface area contributed by atoms with Crippen molar-refractivity contribution in [2.45, 2.75) is 43.6 Å². The van der Waals surface area contributed by atoms with E-state index < -0.39 is 28.8 Å². The number of carboxylic acid groups (broad SMARTS) is 2. The molecule has 0 aliphatic carbocycles. The van der Waals surface area contributed by atoms with Crippen LogP contribution in [0.15, 0.2) is 24.3 Å². The highest BCUT2D eigenvalue weighted by atomic mass is 32.1. The SMILES string of the molecule is CC(C)(S)[C@H](N)C(=O)O.O=C(O)C1Cc2ccccc2CN1. The average molecular weight is 326 g/mol. The van der Waals surface area contributed by atoms with Gasteiger partial charge in [-0.2, -0.15) is 12.6 Å². The zero-order valence-corrected chi connectivity index (χ0v) is 13.5. The number of thiol groups is 1. The summed E-state index contributed by atoms with van der Waals surface area (Å²) in [5.74, 6) is -1.79. The van der Waals surface area contributed by atoms with Crippen LogP contribution in [0, 0.1) is 0 Å². The van der Waals surface area contributed by atoms with Gasteiger partial charge in [0.05, 0.1) is 0 Å². The molecular formula is C15H22N2O4S. The van der Waals surface area contributed by atoms with E-state index in [-0.39, 0.29) is 0 Å². The monoisotopic (exact) mass is 326 g/mol. The van der Waals surface area contributed by atoms with Gasteiger partial charge in [-0.3, -0.25) is 9.59 Å². The van der Waals surface area contributed by atoms with Gasteiger partial charge in [0.25, 0.3) is 0 Å². The minimum absolute atomic E-state index is 0.421. The van der Waals surface area contributed by atoms with Crippen molar-refractivity contribution in [1.82, 2.24) is 5.32 Å². The fourth-order valence-corrected chi connectivity index (χ4v) is 2.04. The van der Waals surface area contributed by atoms with Crippen molar-refractivity contribution in [3.63, 3.8) is 0 Å². The zero-order chi connectivity index (χ0) is 16.9. The van der Waals surface area contributed by atoms with Crippen molar-refractivity contribution in [1.29, 1.82) is 0 Å². The van der Waals surface area contributed by atoms with E-state index in [4.69, 9.17) is 15.9 Å². The van der Waals surface area contributed by atoms with Crippen LogP contribution in [0.3, 0.4) is 0 Å². The molecule has 1 heterocycles. The fraction of sp³-hybridized carbons (Fsp3) is 0.467. The lowest BCUT2D eigenvalue weighted by Crippen LogP contribution is -2.45. The Morgan fingerprint density at radius 2 is 1.86 bits per heavy atom. The topological polar surface area (TPSA) is 113 Å². The molecule has 7 heteroatoms. The van der Waals surface area contributed by atoms with Crippen LogP contribution >= 0.6 is 12.6 Å². The second-order valence-corrected chi connectivity index (χ2v) is 6.87. The van der Waals surface area contributed by atoms with Gasteiger partial charge in [-0.15, -0.1) is 0 Å². The lowest BCUT2D eigenvalue weighted by atomic mass is 9.96. The molecular weight excluding hydrogens is 304 g/mol. The number of nitrogens with one attached hydrogen (secondary N) is 1. The Kier molecular flexibility index (Phi) is 6.40. The summed E-state index contributed by atoms with van der Waals surface area (Å²) in [6.07, 6.45) is 0.589. The van der Waals surface area contributed by atoms with E-state index in [1.807, 2.05) is 24.3 Å². The Labute approximate surface area is 135 Å². The first kappa shape index (κ1) is 18.5. The maximum Gasteiger partial charge on any atom is 0.321 e. The van der Waals surface area contributed by atoms with Crippen LogP contribution in [0.5, 0.6) is 0 Å². The van der Waals surface area contributed by atoms with Gasteiger partial charge in [-0.1, -0.05) is 24.3 Å². The molecule has 0 saturated heterocycles. The van der Waals surface area contributed by atoms with Gasteiger partial charge < -0.3 is 21.3 Å². The minimum Gasteiger partial charge on any atom is -0.480 e. The Morgan fingerprint density at radius 3 is 2.27 bits per heavy atom. The second-order valence-electron chi connectivity index (χ2n) is 5.71. The van der Waals surface area contributed by atoms with E-state index in [1.54, 1.807) is 13.8 Å². The van der Waals surface area contributed by atoms with Crippen LogP contribution in [0.2, 0.25) is 0 Å². The molecule has 2 rings (SSSR count). The summed E-state index contributed by atoms with van der Waals surface area (Å²) >= 11 is 3.98. The number of benzene rings is 1. The summed E-state index contributed by atoms with van der Waals surface area (Å²) in [6, 6.07) is 6.62. The number of fused-ring (bicyclic) bond motifs is 1. The predicted octanol–water partition coefficient (Wildman–Crippen LogP) is 0.892. The smallest absolute Gasteiger partial charge is 0.321 e. The third kappa shape index (κ3) is 5.32. The first-order chi connectivity index (χ1) is 10.1. The van der Waals surface area contributed by atoms with E-state index in [1.165, 1.54) is 5.56 Å². The number of carboxylic acids is 2. The summed E-state index contributed by atoms with van der Waals surface area (Å²) in [5.41, 5.74) is 7.57. The van der Waals surface area contributed by atoms with E-state index in [2.05, 4.69) is 17.9 Å². The molecule has 1 aliphatic heterocycles. The van der Waals surface area contributed by atoms with Crippen LogP contribution in [0.25, 0.3) is 0 Å². The predicted molar refractivity (Wildman–Crippen MR) is 87.1 cm³/mol. The first-order valence-electron chi connectivity index (χ1n) is 6.86. The van der Waals surface area contributed by atoms with Gasteiger partial charge in [0.15, 0.2) is 0 Å². The summed E-state index contributed by atoms with van der Waals surface area (Å²) in [5, 5.41) is 20.1. The molecule has 22 heavy (non-hydrogen) atoms. The Hall–Kier alpha value is -1.57. The van der Waals surface area contributed by atoms with Crippen LogP contribution in [-0.4, -0.2) is 39.0 Å². The van der Waals surface area contributed by atoms with Crippen molar-refractivity contribution in [3.8, 4) is 0 Å². The molecule has 0 amide bonds. The molecule has 0 bridgehead atoms. The molecule has 5 N–H and O–H groups in total. The summed E-state index contributed by atoms with van der Waals surface area (Å²) < 4.78 is -0.647. The molecule has 0 spiro atoms. The summed E-state index contributed by atoms with van der Waals surface area (Å²) in [7, 11) is 0. The number of aliphatic carboxylic acids is 2. The highest BCUT2D eigenvalue weighted by Gasteiger charge is 2.27. The quantitative estimate of drug-likeness (QED) is 0.527.